The maximum Gasteiger partial charge on any atom is 0.409 e. The zero-order valence-corrected chi connectivity index (χ0v) is 16.3. The zero-order valence-electron chi connectivity index (χ0n) is 16.3. The van der Waals surface area contributed by atoms with Crippen LogP contribution in [0.4, 0.5) is 4.79 Å². The number of hydrogen-bond acceptors (Lipinski definition) is 6. The van der Waals surface area contributed by atoms with Gasteiger partial charge >= 0.3 is 6.09 Å². The Balaban J connectivity index is 1.68. The summed E-state index contributed by atoms with van der Waals surface area (Å²) in [6.45, 7) is 5.74. The Morgan fingerprint density at radius 1 is 1.07 bits per heavy atom. The molecule has 148 valence electrons. The van der Waals surface area contributed by atoms with Crippen molar-refractivity contribution in [2.24, 2.45) is 0 Å². The van der Waals surface area contributed by atoms with E-state index in [9.17, 15) is 9.59 Å². The van der Waals surface area contributed by atoms with Crippen molar-refractivity contribution in [3.05, 3.63) is 41.7 Å². The Kier molecular flexibility index (Phi) is 6.08. The van der Waals surface area contributed by atoms with Gasteiger partial charge in [0, 0.05) is 37.9 Å². The molecule has 1 fully saturated rings. The van der Waals surface area contributed by atoms with Crippen molar-refractivity contribution in [1.82, 2.24) is 19.8 Å². The summed E-state index contributed by atoms with van der Waals surface area (Å²) in [6.07, 6.45) is 1.24. The number of carbonyl (C=O) groups excluding carboxylic acids is 2. The summed E-state index contributed by atoms with van der Waals surface area (Å²) in [6, 6.07) is 7.44. The second kappa shape index (κ2) is 8.69. The highest BCUT2D eigenvalue weighted by atomic mass is 16.6. The van der Waals surface area contributed by atoms with Crippen LogP contribution in [0.25, 0.3) is 11.4 Å². The van der Waals surface area contributed by atoms with E-state index in [0.717, 1.165) is 11.3 Å². The molecule has 0 unspecified atom stereocenters. The standard InChI is InChI=1S/C20H24N4O4/c1-4-28-20(26)24-11-9-23(10-12-24)19(25)17-13-21-18(22-14(17)2)15-5-7-16(27-3)8-6-15/h5-8,13H,4,9-12H2,1-3H3. The highest BCUT2D eigenvalue weighted by Gasteiger charge is 2.26. The van der Waals surface area contributed by atoms with Gasteiger partial charge in [-0.3, -0.25) is 4.79 Å². The van der Waals surface area contributed by atoms with Crippen LogP contribution in [0.3, 0.4) is 0 Å². The van der Waals surface area contributed by atoms with Crippen LogP contribution >= 0.6 is 0 Å². The Morgan fingerprint density at radius 3 is 2.29 bits per heavy atom. The number of hydrogen-bond donors (Lipinski definition) is 0. The van der Waals surface area contributed by atoms with Crippen LogP contribution in [0.2, 0.25) is 0 Å². The topological polar surface area (TPSA) is 84.9 Å². The lowest BCUT2D eigenvalue weighted by molar-refractivity contribution is 0.0569. The van der Waals surface area contributed by atoms with Crippen molar-refractivity contribution in [2.45, 2.75) is 13.8 Å². The number of piperazine rings is 1. The molecule has 1 aromatic carbocycles. The number of ether oxygens (including phenoxy) is 2. The molecule has 0 radical (unpaired) electrons. The van der Waals surface area contributed by atoms with Crippen LogP contribution in [-0.4, -0.2) is 71.7 Å². The van der Waals surface area contributed by atoms with Gasteiger partial charge in [0.15, 0.2) is 5.82 Å². The SMILES string of the molecule is CCOC(=O)N1CCN(C(=O)c2cnc(-c3ccc(OC)cc3)nc2C)CC1. The molecule has 28 heavy (non-hydrogen) atoms. The molecule has 0 aliphatic carbocycles. The van der Waals surface area contributed by atoms with Crippen LogP contribution < -0.4 is 4.74 Å². The van der Waals surface area contributed by atoms with Crippen molar-refractivity contribution in [3.8, 4) is 17.1 Å². The third-order valence-corrected chi connectivity index (χ3v) is 4.65. The number of nitrogens with zero attached hydrogens (tertiary/aromatic N) is 4. The average molecular weight is 384 g/mol. The molecule has 2 heterocycles. The number of amides is 2. The highest BCUT2D eigenvalue weighted by molar-refractivity contribution is 5.95. The molecule has 8 heteroatoms. The third kappa shape index (κ3) is 4.21. The smallest absolute Gasteiger partial charge is 0.409 e. The Hall–Kier alpha value is -3.16. The summed E-state index contributed by atoms with van der Waals surface area (Å²) < 4.78 is 10.2. The Morgan fingerprint density at radius 2 is 1.71 bits per heavy atom. The first kappa shape index (κ1) is 19.6. The number of rotatable bonds is 4. The molecule has 2 aromatic rings. The van der Waals surface area contributed by atoms with E-state index < -0.39 is 0 Å². The van der Waals surface area contributed by atoms with Crippen molar-refractivity contribution in [3.63, 3.8) is 0 Å². The molecule has 2 amide bonds. The second-order valence-electron chi connectivity index (χ2n) is 6.40. The summed E-state index contributed by atoms with van der Waals surface area (Å²) in [7, 11) is 1.61. The van der Waals surface area contributed by atoms with Gasteiger partial charge in [-0.2, -0.15) is 0 Å². The fraction of sp³-hybridized carbons (Fsp3) is 0.400. The number of methoxy groups -OCH3 is 1. The van der Waals surface area contributed by atoms with Gasteiger partial charge in [0.1, 0.15) is 5.75 Å². The zero-order chi connectivity index (χ0) is 20.1. The molecular weight excluding hydrogens is 360 g/mol. The minimum atomic E-state index is -0.335. The van der Waals surface area contributed by atoms with E-state index in [0.29, 0.717) is 49.9 Å². The molecule has 1 aliphatic rings. The molecule has 1 aliphatic heterocycles. The molecule has 0 bridgehead atoms. The Bertz CT molecular complexity index is 846. The lowest BCUT2D eigenvalue weighted by Gasteiger charge is -2.34. The molecule has 1 saturated heterocycles. The van der Waals surface area contributed by atoms with Crippen molar-refractivity contribution in [1.29, 1.82) is 0 Å². The quantitative estimate of drug-likeness (QED) is 0.805. The van der Waals surface area contributed by atoms with E-state index in [1.165, 1.54) is 0 Å². The molecular formula is C20H24N4O4. The maximum absolute atomic E-state index is 12.8. The van der Waals surface area contributed by atoms with Crippen LogP contribution in [-0.2, 0) is 4.74 Å². The fourth-order valence-corrected chi connectivity index (χ4v) is 3.03. The molecule has 3 rings (SSSR count). The van der Waals surface area contributed by atoms with Crippen LogP contribution in [0.1, 0.15) is 23.0 Å². The van der Waals surface area contributed by atoms with E-state index in [2.05, 4.69) is 9.97 Å². The van der Waals surface area contributed by atoms with Gasteiger partial charge in [-0.15, -0.1) is 0 Å². The van der Waals surface area contributed by atoms with Gasteiger partial charge in [-0.05, 0) is 38.1 Å². The van der Waals surface area contributed by atoms with Crippen LogP contribution in [0.5, 0.6) is 5.75 Å². The number of aryl methyl sites for hydroxylation is 1. The predicted octanol–water partition coefficient (Wildman–Crippen LogP) is 2.37. The second-order valence-corrected chi connectivity index (χ2v) is 6.40. The third-order valence-electron chi connectivity index (χ3n) is 4.65. The van der Waals surface area contributed by atoms with E-state index in [1.54, 1.807) is 37.0 Å². The maximum atomic E-state index is 12.8. The van der Waals surface area contributed by atoms with Crippen LogP contribution in [0, 0.1) is 6.92 Å². The average Bonchev–Trinajstić information content (AvgIpc) is 2.73. The highest BCUT2D eigenvalue weighted by Crippen LogP contribution is 2.20. The van der Waals surface area contributed by atoms with Crippen LogP contribution in [0.15, 0.2) is 30.5 Å². The van der Waals surface area contributed by atoms with Gasteiger partial charge < -0.3 is 19.3 Å². The summed E-state index contributed by atoms with van der Waals surface area (Å²) in [4.78, 5) is 36.8. The fourth-order valence-electron chi connectivity index (χ4n) is 3.03. The van der Waals surface area contributed by atoms with Gasteiger partial charge in [-0.25, -0.2) is 14.8 Å². The molecule has 0 atom stereocenters. The van der Waals surface area contributed by atoms with E-state index in [-0.39, 0.29) is 12.0 Å². The first-order valence-corrected chi connectivity index (χ1v) is 9.22. The van der Waals surface area contributed by atoms with E-state index in [1.807, 2.05) is 24.3 Å². The first-order valence-electron chi connectivity index (χ1n) is 9.22. The predicted molar refractivity (Wildman–Crippen MR) is 103 cm³/mol. The number of benzene rings is 1. The minimum Gasteiger partial charge on any atom is -0.497 e. The molecule has 0 saturated carbocycles. The Labute approximate surface area is 164 Å². The van der Waals surface area contributed by atoms with Gasteiger partial charge in [-0.1, -0.05) is 0 Å². The summed E-state index contributed by atoms with van der Waals surface area (Å²) in [5.74, 6) is 1.19. The summed E-state index contributed by atoms with van der Waals surface area (Å²) >= 11 is 0. The largest absolute Gasteiger partial charge is 0.497 e. The van der Waals surface area contributed by atoms with Gasteiger partial charge in [0.05, 0.1) is 25.0 Å². The first-order chi connectivity index (χ1) is 13.5. The lowest BCUT2D eigenvalue weighted by Crippen LogP contribution is -2.50. The summed E-state index contributed by atoms with van der Waals surface area (Å²) in [5.41, 5.74) is 1.95. The van der Waals surface area contributed by atoms with E-state index in [4.69, 9.17) is 9.47 Å². The van der Waals surface area contributed by atoms with Crippen molar-refractivity contribution >= 4 is 12.0 Å². The van der Waals surface area contributed by atoms with E-state index >= 15 is 0 Å². The lowest BCUT2D eigenvalue weighted by atomic mass is 10.1. The molecule has 8 nitrogen and oxygen atoms in total. The van der Waals surface area contributed by atoms with Crippen molar-refractivity contribution < 1.29 is 19.1 Å². The number of carbonyl (C=O) groups is 2. The van der Waals surface area contributed by atoms with Crippen molar-refractivity contribution in [2.75, 3.05) is 39.9 Å². The summed E-state index contributed by atoms with van der Waals surface area (Å²) in [5, 5.41) is 0. The minimum absolute atomic E-state index is 0.123. The van der Waals surface area contributed by atoms with Gasteiger partial charge in [0.2, 0.25) is 0 Å². The normalized spacial score (nSPS) is 14.0. The molecule has 0 spiro atoms. The van der Waals surface area contributed by atoms with Gasteiger partial charge in [0.25, 0.3) is 5.91 Å². The number of aromatic nitrogens is 2. The monoisotopic (exact) mass is 384 g/mol. The molecule has 1 aromatic heterocycles. The molecule has 0 N–H and O–H groups in total.